The maximum Gasteiger partial charge on any atom is 0.335 e. The number of benzene rings is 3. The summed E-state index contributed by atoms with van der Waals surface area (Å²) in [5, 5.41) is 3.19. The van der Waals surface area contributed by atoms with Crippen LogP contribution in [0.5, 0.6) is 11.5 Å². The van der Waals surface area contributed by atoms with Gasteiger partial charge in [0.15, 0.2) is 11.5 Å². The third-order valence-electron chi connectivity index (χ3n) is 5.41. The van der Waals surface area contributed by atoms with Gasteiger partial charge in [0.1, 0.15) is 12.2 Å². The molecule has 1 aliphatic heterocycles. The molecule has 0 atom stereocenters. The minimum atomic E-state index is -0.803. The number of aryl methyl sites for hydroxylation is 1. The topological polar surface area (TPSA) is 84.9 Å². The van der Waals surface area contributed by atoms with Crippen LogP contribution in [0.1, 0.15) is 23.6 Å². The van der Waals surface area contributed by atoms with Crippen molar-refractivity contribution in [2.75, 3.05) is 11.5 Å². The van der Waals surface area contributed by atoms with E-state index in [-0.39, 0.29) is 12.2 Å². The van der Waals surface area contributed by atoms with Crippen LogP contribution in [0, 0.1) is 6.92 Å². The predicted molar refractivity (Wildman–Crippen MR) is 139 cm³/mol. The molecule has 0 saturated carbocycles. The highest BCUT2D eigenvalue weighted by Crippen LogP contribution is 2.33. The number of rotatable bonds is 7. The standard InChI is InChI=1S/C27H22Cl2N2O5/c1-3-35-24-14-17(9-12-23(24)36-15-20-21(28)5-4-6-22(20)29)13-19-25(32)30-27(34)31(26(19)33)18-10-7-16(2)8-11-18/h4-14H,3,15H2,1-2H3,(H,30,32,34)/b19-13+. The lowest BCUT2D eigenvalue weighted by Crippen LogP contribution is -2.54. The summed E-state index contributed by atoms with van der Waals surface area (Å²) in [7, 11) is 0. The fourth-order valence-electron chi connectivity index (χ4n) is 3.57. The molecule has 4 rings (SSSR count). The van der Waals surface area contributed by atoms with Gasteiger partial charge < -0.3 is 9.47 Å². The second kappa shape index (κ2) is 10.8. The molecule has 0 aromatic heterocycles. The fourth-order valence-corrected chi connectivity index (χ4v) is 4.08. The smallest absolute Gasteiger partial charge is 0.335 e. The molecule has 0 bridgehead atoms. The Bertz CT molecular complexity index is 1350. The number of hydrogen-bond acceptors (Lipinski definition) is 5. The van der Waals surface area contributed by atoms with Crippen molar-refractivity contribution in [3.05, 3.63) is 93.0 Å². The molecule has 1 saturated heterocycles. The Kier molecular flexibility index (Phi) is 7.62. The first-order valence-electron chi connectivity index (χ1n) is 11.1. The van der Waals surface area contributed by atoms with Gasteiger partial charge in [-0.15, -0.1) is 0 Å². The summed E-state index contributed by atoms with van der Waals surface area (Å²) in [6, 6.07) is 16.2. The van der Waals surface area contributed by atoms with Crippen molar-refractivity contribution in [3.8, 4) is 11.5 Å². The number of anilines is 1. The molecule has 0 radical (unpaired) electrons. The van der Waals surface area contributed by atoms with Crippen LogP contribution in [-0.2, 0) is 16.2 Å². The molecule has 1 N–H and O–H groups in total. The summed E-state index contributed by atoms with van der Waals surface area (Å²) < 4.78 is 11.6. The molecule has 3 aromatic rings. The van der Waals surface area contributed by atoms with Gasteiger partial charge in [-0.05, 0) is 61.9 Å². The lowest BCUT2D eigenvalue weighted by atomic mass is 10.1. The summed E-state index contributed by atoms with van der Waals surface area (Å²) >= 11 is 12.5. The zero-order valence-electron chi connectivity index (χ0n) is 19.5. The van der Waals surface area contributed by atoms with Crippen molar-refractivity contribution < 1.29 is 23.9 Å². The highest BCUT2D eigenvalue weighted by molar-refractivity contribution is 6.39. The number of amides is 4. The number of ether oxygens (including phenoxy) is 2. The van der Waals surface area contributed by atoms with Gasteiger partial charge in [-0.3, -0.25) is 14.9 Å². The van der Waals surface area contributed by atoms with Gasteiger partial charge >= 0.3 is 6.03 Å². The van der Waals surface area contributed by atoms with Crippen molar-refractivity contribution in [2.24, 2.45) is 0 Å². The second-order valence-corrected chi connectivity index (χ2v) is 8.74. The highest BCUT2D eigenvalue weighted by atomic mass is 35.5. The quantitative estimate of drug-likeness (QED) is 0.305. The van der Waals surface area contributed by atoms with E-state index in [9.17, 15) is 14.4 Å². The van der Waals surface area contributed by atoms with Crippen LogP contribution in [-0.4, -0.2) is 24.5 Å². The number of barbiturate groups is 1. The Morgan fingerprint density at radius 1 is 0.917 bits per heavy atom. The molecular weight excluding hydrogens is 503 g/mol. The number of imide groups is 2. The van der Waals surface area contributed by atoms with E-state index in [1.54, 1.807) is 60.7 Å². The molecule has 0 spiro atoms. The lowest BCUT2D eigenvalue weighted by molar-refractivity contribution is -0.122. The molecule has 1 heterocycles. The van der Waals surface area contributed by atoms with E-state index in [1.165, 1.54) is 6.08 Å². The fraction of sp³-hybridized carbons (Fsp3) is 0.148. The van der Waals surface area contributed by atoms with Crippen molar-refractivity contribution in [1.29, 1.82) is 0 Å². The first-order valence-corrected chi connectivity index (χ1v) is 11.8. The number of halogens is 2. The van der Waals surface area contributed by atoms with Crippen LogP contribution >= 0.6 is 23.2 Å². The van der Waals surface area contributed by atoms with Crippen molar-refractivity contribution >= 4 is 52.8 Å². The number of carbonyl (C=O) groups excluding carboxylic acids is 3. The summed E-state index contributed by atoms with van der Waals surface area (Å²) in [5.41, 5.74) is 2.30. The number of nitrogens with one attached hydrogen (secondary N) is 1. The Morgan fingerprint density at radius 2 is 1.61 bits per heavy atom. The zero-order valence-corrected chi connectivity index (χ0v) is 21.0. The summed E-state index contributed by atoms with van der Waals surface area (Å²) in [5.74, 6) is -0.657. The number of nitrogens with zero attached hydrogens (tertiary/aromatic N) is 1. The minimum absolute atomic E-state index is 0.119. The molecule has 36 heavy (non-hydrogen) atoms. The molecule has 0 unspecified atom stereocenters. The molecule has 3 aromatic carbocycles. The van der Waals surface area contributed by atoms with Crippen LogP contribution in [0.25, 0.3) is 6.08 Å². The molecule has 0 aliphatic carbocycles. The molecule has 1 fully saturated rings. The Morgan fingerprint density at radius 3 is 2.28 bits per heavy atom. The number of hydrogen-bond donors (Lipinski definition) is 1. The summed E-state index contributed by atoms with van der Waals surface area (Å²) in [4.78, 5) is 39.0. The van der Waals surface area contributed by atoms with Crippen molar-refractivity contribution in [1.82, 2.24) is 5.32 Å². The van der Waals surface area contributed by atoms with Crippen LogP contribution in [0.2, 0.25) is 10.0 Å². The molecule has 7 nitrogen and oxygen atoms in total. The van der Waals surface area contributed by atoms with Crippen LogP contribution in [0.3, 0.4) is 0 Å². The molecule has 184 valence electrons. The maximum absolute atomic E-state index is 13.1. The Labute approximate surface area is 218 Å². The van der Waals surface area contributed by atoms with Gasteiger partial charge in [0, 0.05) is 15.6 Å². The summed E-state index contributed by atoms with van der Waals surface area (Å²) in [6.45, 7) is 4.19. The van der Waals surface area contributed by atoms with Gasteiger partial charge in [0.05, 0.1) is 12.3 Å². The van der Waals surface area contributed by atoms with E-state index in [0.717, 1.165) is 10.5 Å². The first kappa shape index (κ1) is 25.3. The molecule has 1 aliphatic rings. The first-order chi connectivity index (χ1) is 17.3. The third kappa shape index (κ3) is 5.37. The molecular formula is C27H22Cl2N2O5. The normalized spacial score (nSPS) is 14.7. The largest absolute Gasteiger partial charge is 0.490 e. The van der Waals surface area contributed by atoms with E-state index in [1.807, 2.05) is 13.8 Å². The van der Waals surface area contributed by atoms with E-state index in [0.29, 0.717) is 45.0 Å². The number of urea groups is 1. The average molecular weight is 525 g/mol. The lowest BCUT2D eigenvalue weighted by Gasteiger charge is -2.26. The van der Waals surface area contributed by atoms with Crippen molar-refractivity contribution in [2.45, 2.75) is 20.5 Å². The van der Waals surface area contributed by atoms with Crippen LogP contribution < -0.4 is 19.7 Å². The van der Waals surface area contributed by atoms with E-state index >= 15 is 0 Å². The van der Waals surface area contributed by atoms with Gasteiger partial charge in [-0.25, -0.2) is 9.69 Å². The maximum atomic E-state index is 13.1. The van der Waals surface area contributed by atoms with Gasteiger partial charge in [0.2, 0.25) is 0 Å². The summed E-state index contributed by atoms with van der Waals surface area (Å²) in [6.07, 6.45) is 1.41. The van der Waals surface area contributed by atoms with Gasteiger partial charge in [0.25, 0.3) is 11.8 Å². The minimum Gasteiger partial charge on any atom is -0.490 e. The van der Waals surface area contributed by atoms with Crippen LogP contribution in [0.4, 0.5) is 10.5 Å². The zero-order chi connectivity index (χ0) is 25.8. The van der Waals surface area contributed by atoms with E-state index in [4.69, 9.17) is 32.7 Å². The monoisotopic (exact) mass is 524 g/mol. The molecule has 4 amide bonds. The highest BCUT2D eigenvalue weighted by Gasteiger charge is 2.36. The third-order valence-corrected chi connectivity index (χ3v) is 6.11. The SMILES string of the molecule is CCOc1cc(/C=C2\C(=O)NC(=O)N(c3ccc(C)cc3)C2=O)ccc1OCc1c(Cl)cccc1Cl. The Hall–Kier alpha value is -3.81. The van der Waals surface area contributed by atoms with Gasteiger partial charge in [-0.2, -0.15) is 0 Å². The predicted octanol–water partition coefficient (Wildman–Crippen LogP) is 5.95. The van der Waals surface area contributed by atoms with Crippen LogP contribution in [0.15, 0.2) is 66.2 Å². The number of carbonyl (C=O) groups is 3. The molecule has 9 heteroatoms. The Balaban J connectivity index is 1.62. The van der Waals surface area contributed by atoms with Gasteiger partial charge in [-0.1, -0.05) is 53.0 Å². The van der Waals surface area contributed by atoms with Crippen molar-refractivity contribution in [3.63, 3.8) is 0 Å². The average Bonchev–Trinajstić information content (AvgIpc) is 2.84. The second-order valence-electron chi connectivity index (χ2n) is 7.92. The van der Waals surface area contributed by atoms with E-state index < -0.39 is 17.8 Å². The van der Waals surface area contributed by atoms with E-state index in [2.05, 4.69) is 5.32 Å².